The molecule has 1 aromatic carbocycles. The molecule has 3 rings (SSSR count). The molecule has 1 aromatic rings. The maximum absolute atomic E-state index is 11.5. The molecule has 3 unspecified atom stereocenters. The van der Waals surface area contributed by atoms with Crippen LogP contribution in [-0.2, 0) is 6.54 Å². The lowest BCUT2D eigenvalue weighted by molar-refractivity contribution is 0.0998. The van der Waals surface area contributed by atoms with E-state index in [2.05, 4.69) is 17.1 Å². The average molecular weight is 259 g/mol. The van der Waals surface area contributed by atoms with Gasteiger partial charge in [-0.1, -0.05) is 18.2 Å². The molecule has 1 amide bonds. The zero-order valence-electron chi connectivity index (χ0n) is 11.3. The molecule has 19 heavy (non-hydrogen) atoms. The Morgan fingerprint density at radius 2 is 2.21 bits per heavy atom. The molecule has 2 heterocycles. The fraction of sp³-hybridized carbons (Fsp3) is 0.533. The van der Waals surface area contributed by atoms with Crippen molar-refractivity contribution in [2.75, 3.05) is 19.6 Å². The van der Waals surface area contributed by atoms with Crippen LogP contribution in [0.2, 0.25) is 0 Å². The topological polar surface area (TPSA) is 58.4 Å². The third-order valence-corrected chi connectivity index (χ3v) is 4.71. The van der Waals surface area contributed by atoms with Crippen LogP contribution in [-0.4, -0.2) is 36.5 Å². The SMILES string of the molecule is CC1C2CNCC2CN1Cc1ccccc1C(N)=O. The molecule has 0 bridgehead atoms. The second-order valence-corrected chi connectivity index (χ2v) is 5.77. The van der Waals surface area contributed by atoms with E-state index in [9.17, 15) is 4.79 Å². The van der Waals surface area contributed by atoms with E-state index in [0.29, 0.717) is 11.6 Å². The lowest BCUT2D eigenvalue weighted by Gasteiger charge is -2.25. The van der Waals surface area contributed by atoms with Crippen molar-refractivity contribution in [3.63, 3.8) is 0 Å². The Bertz CT molecular complexity index is 488. The van der Waals surface area contributed by atoms with Crippen LogP contribution >= 0.6 is 0 Å². The van der Waals surface area contributed by atoms with Gasteiger partial charge >= 0.3 is 0 Å². The number of carbonyl (C=O) groups excluding carboxylic acids is 1. The molecule has 3 N–H and O–H groups in total. The van der Waals surface area contributed by atoms with Crippen molar-refractivity contribution >= 4 is 5.91 Å². The number of likely N-dealkylation sites (tertiary alicyclic amines) is 1. The van der Waals surface area contributed by atoms with Gasteiger partial charge in [0.1, 0.15) is 0 Å². The summed E-state index contributed by atoms with van der Waals surface area (Å²) in [7, 11) is 0. The number of amides is 1. The highest BCUT2D eigenvalue weighted by atomic mass is 16.1. The van der Waals surface area contributed by atoms with E-state index in [1.54, 1.807) is 0 Å². The normalized spacial score (nSPS) is 30.5. The van der Waals surface area contributed by atoms with Crippen LogP contribution in [0.15, 0.2) is 24.3 Å². The molecule has 2 aliphatic rings. The van der Waals surface area contributed by atoms with E-state index in [1.807, 2.05) is 24.3 Å². The van der Waals surface area contributed by atoms with E-state index in [-0.39, 0.29) is 5.91 Å². The smallest absolute Gasteiger partial charge is 0.249 e. The van der Waals surface area contributed by atoms with Gasteiger partial charge in [0, 0.05) is 24.7 Å². The van der Waals surface area contributed by atoms with Crippen LogP contribution in [0.25, 0.3) is 0 Å². The molecular formula is C15H21N3O. The first-order valence-corrected chi connectivity index (χ1v) is 6.99. The highest BCUT2D eigenvalue weighted by Gasteiger charge is 2.41. The molecule has 2 fully saturated rings. The summed E-state index contributed by atoms with van der Waals surface area (Å²) in [6, 6.07) is 8.25. The second kappa shape index (κ2) is 4.94. The van der Waals surface area contributed by atoms with E-state index >= 15 is 0 Å². The zero-order chi connectivity index (χ0) is 13.4. The minimum Gasteiger partial charge on any atom is -0.366 e. The number of hydrogen-bond donors (Lipinski definition) is 2. The number of nitrogens with two attached hydrogens (primary N) is 1. The predicted molar refractivity (Wildman–Crippen MR) is 74.7 cm³/mol. The summed E-state index contributed by atoms with van der Waals surface area (Å²) in [5, 5.41) is 3.47. The Morgan fingerprint density at radius 3 is 2.95 bits per heavy atom. The molecule has 102 valence electrons. The van der Waals surface area contributed by atoms with E-state index in [4.69, 9.17) is 5.73 Å². The first-order chi connectivity index (χ1) is 9.16. The van der Waals surface area contributed by atoms with Crippen LogP contribution in [0.3, 0.4) is 0 Å². The average Bonchev–Trinajstić information content (AvgIpc) is 2.95. The molecule has 0 saturated carbocycles. The molecule has 2 saturated heterocycles. The van der Waals surface area contributed by atoms with Gasteiger partial charge in [-0.25, -0.2) is 0 Å². The van der Waals surface area contributed by atoms with Crippen LogP contribution in [0, 0.1) is 11.8 Å². The fourth-order valence-electron chi connectivity index (χ4n) is 3.58. The van der Waals surface area contributed by atoms with E-state index in [0.717, 1.165) is 43.6 Å². The number of carbonyl (C=O) groups is 1. The van der Waals surface area contributed by atoms with Crippen molar-refractivity contribution in [3.8, 4) is 0 Å². The van der Waals surface area contributed by atoms with Crippen LogP contribution in [0.1, 0.15) is 22.8 Å². The Morgan fingerprint density at radius 1 is 1.42 bits per heavy atom. The van der Waals surface area contributed by atoms with Crippen molar-refractivity contribution < 1.29 is 4.79 Å². The van der Waals surface area contributed by atoms with Crippen molar-refractivity contribution in [3.05, 3.63) is 35.4 Å². The number of hydrogen-bond acceptors (Lipinski definition) is 3. The summed E-state index contributed by atoms with van der Waals surface area (Å²) in [5.41, 5.74) is 7.16. The maximum atomic E-state index is 11.5. The Labute approximate surface area is 114 Å². The summed E-state index contributed by atoms with van der Waals surface area (Å²) in [4.78, 5) is 14.0. The van der Waals surface area contributed by atoms with Crippen LogP contribution in [0.4, 0.5) is 0 Å². The molecule has 4 heteroatoms. The first kappa shape index (κ1) is 12.6. The molecular weight excluding hydrogens is 238 g/mol. The summed E-state index contributed by atoms with van der Waals surface area (Å²) in [6.07, 6.45) is 0. The lowest BCUT2D eigenvalue weighted by atomic mass is 9.95. The number of benzene rings is 1. The summed E-state index contributed by atoms with van der Waals surface area (Å²) < 4.78 is 0. The fourth-order valence-corrected chi connectivity index (χ4v) is 3.58. The molecule has 0 aromatic heterocycles. The standard InChI is InChI=1S/C15H21N3O/c1-10-14-7-17-6-12(14)9-18(10)8-11-4-2-3-5-13(11)15(16)19/h2-5,10,12,14,17H,6-9H2,1H3,(H2,16,19). The molecule has 4 nitrogen and oxygen atoms in total. The van der Waals surface area contributed by atoms with Crippen LogP contribution < -0.4 is 11.1 Å². The lowest BCUT2D eigenvalue weighted by Crippen LogP contribution is -2.33. The Kier molecular flexibility index (Phi) is 3.29. The maximum Gasteiger partial charge on any atom is 0.249 e. The molecule has 3 atom stereocenters. The monoisotopic (exact) mass is 259 g/mol. The summed E-state index contributed by atoms with van der Waals surface area (Å²) in [6.45, 7) is 6.49. The third-order valence-electron chi connectivity index (χ3n) is 4.71. The Hall–Kier alpha value is -1.39. The van der Waals surface area contributed by atoms with Gasteiger partial charge in [0.15, 0.2) is 0 Å². The number of fused-ring (bicyclic) bond motifs is 1. The highest BCUT2D eigenvalue weighted by molar-refractivity contribution is 5.94. The zero-order valence-corrected chi connectivity index (χ0v) is 11.3. The first-order valence-electron chi connectivity index (χ1n) is 6.99. The van der Waals surface area contributed by atoms with Crippen molar-refractivity contribution in [2.45, 2.75) is 19.5 Å². The largest absolute Gasteiger partial charge is 0.366 e. The minimum absolute atomic E-state index is 0.329. The number of rotatable bonds is 3. The van der Waals surface area contributed by atoms with Crippen LogP contribution in [0.5, 0.6) is 0 Å². The van der Waals surface area contributed by atoms with Gasteiger partial charge in [0.05, 0.1) is 0 Å². The number of nitrogens with one attached hydrogen (secondary N) is 1. The van der Waals surface area contributed by atoms with Gasteiger partial charge < -0.3 is 11.1 Å². The third kappa shape index (κ3) is 2.26. The molecule has 0 spiro atoms. The van der Waals surface area contributed by atoms with Gasteiger partial charge in [-0.15, -0.1) is 0 Å². The van der Waals surface area contributed by atoms with Crippen molar-refractivity contribution in [1.82, 2.24) is 10.2 Å². The molecule has 0 aliphatic carbocycles. The van der Waals surface area contributed by atoms with Gasteiger partial charge in [0.25, 0.3) is 0 Å². The van der Waals surface area contributed by atoms with Crippen molar-refractivity contribution in [2.24, 2.45) is 17.6 Å². The minimum atomic E-state index is -0.329. The van der Waals surface area contributed by atoms with E-state index < -0.39 is 0 Å². The predicted octanol–water partition coefficient (Wildman–Crippen LogP) is 0.825. The van der Waals surface area contributed by atoms with E-state index in [1.165, 1.54) is 0 Å². The number of primary amides is 1. The van der Waals surface area contributed by atoms with Gasteiger partial charge in [-0.05, 0) is 43.5 Å². The summed E-state index contributed by atoms with van der Waals surface area (Å²) in [5.74, 6) is 1.18. The Balaban J connectivity index is 1.77. The van der Waals surface area contributed by atoms with Crippen molar-refractivity contribution in [1.29, 1.82) is 0 Å². The summed E-state index contributed by atoms with van der Waals surface area (Å²) >= 11 is 0. The van der Waals surface area contributed by atoms with Gasteiger partial charge in [-0.3, -0.25) is 9.69 Å². The highest BCUT2D eigenvalue weighted by Crippen LogP contribution is 2.33. The number of nitrogens with zero attached hydrogens (tertiary/aromatic N) is 1. The van der Waals surface area contributed by atoms with Gasteiger partial charge in [0.2, 0.25) is 5.91 Å². The quantitative estimate of drug-likeness (QED) is 0.845. The van der Waals surface area contributed by atoms with Gasteiger partial charge in [-0.2, -0.15) is 0 Å². The molecule has 0 radical (unpaired) electrons. The molecule has 2 aliphatic heterocycles. The second-order valence-electron chi connectivity index (χ2n) is 5.77.